The van der Waals surface area contributed by atoms with E-state index in [9.17, 15) is 0 Å². The van der Waals surface area contributed by atoms with E-state index in [-0.39, 0.29) is 18.8 Å². The first-order chi connectivity index (χ1) is 3.00. The molecule has 62 valence electrons. The Labute approximate surface area is 56.3 Å². The Kier molecular flexibility index (Phi) is 36.2. The molecule has 0 N–H and O–H groups in total. The second-order valence-corrected chi connectivity index (χ2v) is 1.15. The average molecular weight is 158 g/mol. The van der Waals surface area contributed by atoms with Crippen LogP contribution < -0.4 is 0 Å². The first-order valence-electron chi connectivity index (χ1n) is 2.00. The van der Waals surface area contributed by atoms with Gasteiger partial charge in [-0.1, -0.05) is 36.4 Å². The number of hydrogen-bond acceptors (Lipinski definition) is 0. The van der Waals surface area contributed by atoms with Gasteiger partial charge in [0.1, 0.15) is 0 Å². The van der Waals surface area contributed by atoms with Crippen molar-refractivity contribution in [1.82, 2.24) is 0 Å². The van der Waals surface area contributed by atoms with Crippen molar-refractivity contribution in [3.05, 3.63) is 36.4 Å². The van der Waals surface area contributed by atoms with Crippen molar-refractivity contribution in [2.75, 3.05) is 0 Å². The van der Waals surface area contributed by atoms with Gasteiger partial charge in [0.2, 0.25) is 0 Å². The molecule has 0 aliphatic heterocycles. The van der Waals surface area contributed by atoms with Gasteiger partial charge in [-0.05, 0) is 0 Å². The maximum absolute atomic E-state index is 2.00. The molecule has 0 aliphatic rings. The third kappa shape index (κ3) is 10.0. The van der Waals surface area contributed by atoms with Crippen LogP contribution in [0.3, 0.4) is 0 Å². The fourth-order valence-corrected chi connectivity index (χ4v) is 0.385. The van der Waals surface area contributed by atoms with Crippen LogP contribution in [0, 0.1) is 0 Å². The van der Waals surface area contributed by atoms with Gasteiger partial charge < -0.3 is 0 Å². The molecule has 1 aromatic carbocycles. The fraction of sp³-hybridized carbons (Fsp3) is 0. The summed E-state index contributed by atoms with van der Waals surface area (Å²) in [7, 11) is 0. The summed E-state index contributed by atoms with van der Waals surface area (Å²) in [6.07, 6.45) is 0. The Morgan fingerprint density at radius 3 is 0.500 bits per heavy atom. The molecule has 0 radical (unpaired) electrons. The summed E-state index contributed by atoms with van der Waals surface area (Å²) >= 11 is 0. The van der Waals surface area contributed by atoms with Crippen LogP contribution in [0.15, 0.2) is 36.4 Å². The van der Waals surface area contributed by atoms with Gasteiger partial charge in [0.15, 0.2) is 0 Å². The maximum Gasteiger partial charge on any atom is -0.0623 e. The SMILES string of the molecule is F.F.F.F.c1ccccc1. The van der Waals surface area contributed by atoms with E-state index in [1.165, 1.54) is 0 Å². The van der Waals surface area contributed by atoms with E-state index >= 15 is 0 Å². The van der Waals surface area contributed by atoms with Gasteiger partial charge in [-0.15, -0.1) is 0 Å². The number of hydrogen-bond donors (Lipinski definition) is 0. The molecular weight excluding hydrogens is 148 g/mol. The van der Waals surface area contributed by atoms with Crippen molar-refractivity contribution < 1.29 is 18.8 Å². The van der Waals surface area contributed by atoms with E-state index < -0.39 is 0 Å². The molecule has 0 aliphatic carbocycles. The first-order valence-corrected chi connectivity index (χ1v) is 2.00. The highest BCUT2D eigenvalue weighted by Gasteiger charge is 1.57. The van der Waals surface area contributed by atoms with E-state index in [4.69, 9.17) is 0 Å². The van der Waals surface area contributed by atoms with Crippen LogP contribution in [-0.4, -0.2) is 0 Å². The molecule has 0 nitrogen and oxygen atoms in total. The minimum atomic E-state index is 0. The quantitative estimate of drug-likeness (QED) is 0.508. The second-order valence-electron chi connectivity index (χ2n) is 1.15. The molecule has 0 amide bonds. The van der Waals surface area contributed by atoms with Crippen molar-refractivity contribution in [2.45, 2.75) is 0 Å². The standard InChI is InChI=1S/C6H6.4FH/c1-2-4-6-5-3-1;;;;/h1-6H;4*1H. The van der Waals surface area contributed by atoms with E-state index in [0.29, 0.717) is 0 Å². The maximum atomic E-state index is 2.00. The zero-order valence-electron chi connectivity index (χ0n) is 5.10. The molecular formula is C6H10F4. The fourth-order valence-electron chi connectivity index (χ4n) is 0.385. The third-order valence-corrected chi connectivity index (χ3v) is 0.667. The highest BCUT2D eigenvalue weighted by atomic mass is 19.0. The van der Waals surface area contributed by atoms with Gasteiger partial charge in [-0.2, -0.15) is 0 Å². The van der Waals surface area contributed by atoms with E-state index in [2.05, 4.69) is 0 Å². The Morgan fingerprint density at radius 2 is 0.400 bits per heavy atom. The smallest absolute Gasteiger partial charge is 0.0623 e. The summed E-state index contributed by atoms with van der Waals surface area (Å²) in [5.74, 6) is 0. The molecule has 1 aromatic rings. The highest BCUT2D eigenvalue weighted by Crippen LogP contribution is 1.79. The predicted molar refractivity (Wildman–Crippen MR) is 36.5 cm³/mol. The highest BCUT2D eigenvalue weighted by molar-refractivity contribution is 4.99. The normalized spacial score (nSPS) is 4.80. The topological polar surface area (TPSA) is 0 Å². The zero-order valence-corrected chi connectivity index (χ0v) is 5.10. The van der Waals surface area contributed by atoms with Gasteiger partial charge in [0.05, 0.1) is 0 Å². The summed E-state index contributed by atoms with van der Waals surface area (Å²) in [5.41, 5.74) is 0. The van der Waals surface area contributed by atoms with Crippen LogP contribution in [0.4, 0.5) is 18.8 Å². The summed E-state index contributed by atoms with van der Waals surface area (Å²) < 4.78 is 0. The van der Waals surface area contributed by atoms with Gasteiger partial charge in [-0.3, -0.25) is 18.8 Å². The Balaban J connectivity index is -0.0000000450. The lowest BCUT2D eigenvalue weighted by atomic mass is 10.4. The summed E-state index contributed by atoms with van der Waals surface area (Å²) in [6.45, 7) is 0. The molecule has 1 rings (SSSR count). The Bertz CT molecular complexity index is 81.7. The van der Waals surface area contributed by atoms with E-state index in [1.807, 2.05) is 36.4 Å². The summed E-state index contributed by atoms with van der Waals surface area (Å²) in [5, 5.41) is 0. The van der Waals surface area contributed by atoms with Crippen LogP contribution in [0.1, 0.15) is 0 Å². The van der Waals surface area contributed by atoms with Crippen molar-refractivity contribution in [2.24, 2.45) is 0 Å². The molecule has 0 fully saturated rings. The van der Waals surface area contributed by atoms with E-state index in [0.717, 1.165) is 0 Å². The van der Waals surface area contributed by atoms with Gasteiger partial charge >= 0.3 is 0 Å². The lowest BCUT2D eigenvalue weighted by molar-refractivity contribution is 1.11. The lowest BCUT2D eigenvalue weighted by Crippen LogP contribution is -1.47. The second kappa shape index (κ2) is 15.7. The Hall–Kier alpha value is -1.06. The number of benzene rings is 1. The molecule has 0 heterocycles. The van der Waals surface area contributed by atoms with Crippen molar-refractivity contribution >= 4 is 0 Å². The first kappa shape index (κ1) is 23.1. The molecule has 0 bridgehead atoms. The van der Waals surface area contributed by atoms with Gasteiger partial charge in [-0.25, -0.2) is 0 Å². The van der Waals surface area contributed by atoms with Crippen LogP contribution in [-0.2, 0) is 0 Å². The van der Waals surface area contributed by atoms with E-state index in [1.54, 1.807) is 0 Å². The lowest BCUT2D eigenvalue weighted by Gasteiger charge is -1.69. The molecule has 0 saturated heterocycles. The molecule has 0 atom stereocenters. The monoisotopic (exact) mass is 158 g/mol. The minimum Gasteiger partial charge on any atom is -0.269 e. The minimum absolute atomic E-state index is 0. The Morgan fingerprint density at radius 1 is 0.300 bits per heavy atom. The third-order valence-electron chi connectivity index (χ3n) is 0.667. The number of rotatable bonds is 0. The average Bonchev–Trinajstić information content (AvgIpc) is 1.72. The summed E-state index contributed by atoms with van der Waals surface area (Å²) in [4.78, 5) is 0. The van der Waals surface area contributed by atoms with Crippen LogP contribution in [0.2, 0.25) is 0 Å². The van der Waals surface area contributed by atoms with Crippen LogP contribution in [0.5, 0.6) is 0 Å². The van der Waals surface area contributed by atoms with Gasteiger partial charge in [0, 0.05) is 0 Å². The molecule has 4 heteroatoms. The van der Waals surface area contributed by atoms with Crippen LogP contribution in [0.25, 0.3) is 0 Å². The number of halogens is 4. The molecule has 0 saturated carbocycles. The summed E-state index contributed by atoms with van der Waals surface area (Å²) in [6, 6.07) is 12.0. The molecule has 0 unspecified atom stereocenters. The largest absolute Gasteiger partial charge is 0.269 e. The molecule has 0 spiro atoms. The van der Waals surface area contributed by atoms with Gasteiger partial charge in [0.25, 0.3) is 0 Å². The van der Waals surface area contributed by atoms with Crippen LogP contribution >= 0.6 is 0 Å². The van der Waals surface area contributed by atoms with Crippen molar-refractivity contribution in [1.29, 1.82) is 0 Å². The predicted octanol–water partition coefficient (Wildman–Crippen LogP) is 2.30. The molecule has 0 aromatic heterocycles. The van der Waals surface area contributed by atoms with Crippen molar-refractivity contribution in [3.63, 3.8) is 0 Å². The van der Waals surface area contributed by atoms with Crippen molar-refractivity contribution in [3.8, 4) is 0 Å². The zero-order chi connectivity index (χ0) is 4.24. The molecule has 10 heavy (non-hydrogen) atoms.